The molecule has 1 saturated carbocycles. The lowest BCUT2D eigenvalue weighted by molar-refractivity contribution is -0.415. The van der Waals surface area contributed by atoms with Gasteiger partial charge in [0.2, 0.25) is 0 Å². The van der Waals surface area contributed by atoms with E-state index in [-0.39, 0.29) is 30.1 Å². The highest BCUT2D eigenvalue weighted by atomic mass is 19.4. The Morgan fingerprint density at radius 3 is 2.43 bits per heavy atom. The lowest BCUT2D eigenvalue weighted by Crippen LogP contribution is -2.52. The number of halogens is 6. The number of hydrogen-bond acceptors (Lipinski definition) is 3. The summed E-state index contributed by atoms with van der Waals surface area (Å²) in [5.74, 6) is -0.638. The van der Waals surface area contributed by atoms with E-state index in [4.69, 9.17) is 9.78 Å². The van der Waals surface area contributed by atoms with Crippen molar-refractivity contribution in [2.75, 3.05) is 0 Å². The number of ketones is 1. The Morgan fingerprint density at radius 2 is 1.82 bits per heavy atom. The van der Waals surface area contributed by atoms with Crippen LogP contribution >= 0.6 is 0 Å². The van der Waals surface area contributed by atoms with E-state index in [1.165, 1.54) is 6.08 Å². The highest BCUT2D eigenvalue weighted by molar-refractivity contribution is 5.82. The van der Waals surface area contributed by atoms with Crippen molar-refractivity contribution >= 4 is 11.9 Å². The Bertz CT molecular complexity index is 798. The first-order chi connectivity index (χ1) is 12.8. The maximum absolute atomic E-state index is 13.3. The molecule has 9 heteroatoms. The Kier molecular flexibility index (Phi) is 5.12. The van der Waals surface area contributed by atoms with Crippen LogP contribution in [0.15, 0.2) is 24.3 Å². The van der Waals surface area contributed by atoms with E-state index in [2.05, 4.69) is 0 Å². The summed E-state index contributed by atoms with van der Waals surface area (Å²) < 4.78 is 78.2. The normalized spacial score (nSPS) is 31.4. The number of carbonyl (C=O) groups excluding carboxylic acids is 1. The first-order valence-corrected chi connectivity index (χ1v) is 8.66. The Labute approximate surface area is 157 Å². The molecule has 3 rings (SSSR count). The molecule has 0 radical (unpaired) electrons. The summed E-state index contributed by atoms with van der Waals surface area (Å²) in [6.45, 7) is 3.30. The van der Waals surface area contributed by atoms with Gasteiger partial charge < -0.3 is 0 Å². The second-order valence-electron chi connectivity index (χ2n) is 7.42. The lowest BCUT2D eigenvalue weighted by Gasteiger charge is -2.45. The fraction of sp³-hybridized carbons (Fsp3) is 0.526. The third-order valence-electron chi connectivity index (χ3n) is 5.47. The monoisotopic (exact) mass is 408 g/mol. The minimum atomic E-state index is -4.97. The summed E-state index contributed by atoms with van der Waals surface area (Å²) >= 11 is 0. The van der Waals surface area contributed by atoms with Crippen molar-refractivity contribution < 1.29 is 40.9 Å². The predicted octanol–water partition coefficient (Wildman–Crippen LogP) is 5.44. The first-order valence-electron chi connectivity index (χ1n) is 8.66. The van der Waals surface area contributed by atoms with Crippen molar-refractivity contribution in [2.24, 2.45) is 11.8 Å². The molecule has 1 heterocycles. The molecule has 2 aliphatic rings. The third kappa shape index (κ3) is 3.96. The first kappa shape index (κ1) is 20.9. The SMILES string of the molecule is C[C@@H]1C(=O)C[C@H]2C[C@@H]1OO[C@@]2(C)/C=C/c1ccc(C(F)(F)F)cc1C(F)(F)F. The molecule has 154 valence electrons. The van der Waals surface area contributed by atoms with Crippen LogP contribution in [0.2, 0.25) is 0 Å². The molecular formula is C19H18F6O3. The van der Waals surface area contributed by atoms with Gasteiger partial charge in [-0.25, -0.2) is 9.78 Å². The van der Waals surface area contributed by atoms with Gasteiger partial charge in [0.05, 0.1) is 11.1 Å². The van der Waals surface area contributed by atoms with Crippen LogP contribution in [0, 0.1) is 11.8 Å². The van der Waals surface area contributed by atoms with Crippen molar-refractivity contribution in [3.8, 4) is 0 Å². The number of carbonyl (C=O) groups is 1. The number of rotatable bonds is 2. The number of fused-ring (bicyclic) bond motifs is 2. The largest absolute Gasteiger partial charge is 0.417 e. The number of Topliss-reactive ketones (excluding diaryl/α,β-unsaturated/α-hetero) is 1. The zero-order chi connectivity index (χ0) is 20.9. The van der Waals surface area contributed by atoms with E-state index in [1.54, 1.807) is 13.8 Å². The summed E-state index contributed by atoms with van der Waals surface area (Å²) in [6, 6.07) is 1.45. The molecule has 1 aliphatic carbocycles. The molecule has 0 spiro atoms. The minimum Gasteiger partial charge on any atom is -0.299 e. The third-order valence-corrected chi connectivity index (χ3v) is 5.47. The van der Waals surface area contributed by atoms with Crippen LogP contribution in [0.4, 0.5) is 26.3 Å². The molecule has 1 aromatic carbocycles. The molecule has 2 fully saturated rings. The van der Waals surface area contributed by atoms with Crippen LogP contribution in [-0.4, -0.2) is 17.5 Å². The van der Waals surface area contributed by atoms with E-state index in [1.807, 2.05) is 0 Å². The summed E-state index contributed by atoms with van der Waals surface area (Å²) in [7, 11) is 0. The molecule has 4 atom stereocenters. The smallest absolute Gasteiger partial charge is 0.299 e. The molecule has 3 nitrogen and oxygen atoms in total. The van der Waals surface area contributed by atoms with Gasteiger partial charge in [0.25, 0.3) is 0 Å². The van der Waals surface area contributed by atoms with Crippen LogP contribution in [0.3, 0.4) is 0 Å². The summed E-state index contributed by atoms with van der Waals surface area (Å²) in [5.41, 5.74) is -4.37. The van der Waals surface area contributed by atoms with Gasteiger partial charge >= 0.3 is 12.4 Å². The van der Waals surface area contributed by atoms with Gasteiger partial charge in [0, 0.05) is 18.3 Å². The average molecular weight is 408 g/mol. The maximum Gasteiger partial charge on any atom is 0.417 e. The molecular weight excluding hydrogens is 390 g/mol. The van der Waals surface area contributed by atoms with Crippen LogP contribution < -0.4 is 0 Å². The van der Waals surface area contributed by atoms with Crippen molar-refractivity contribution in [3.05, 3.63) is 41.0 Å². The quantitative estimate of drug-likeness (QED) is 0.483. The van der Waals surface area contributed by atoms with Crippen molar-refractivity contribution in [1.82, 2.24) is 0 Å². The molecule has 0 unspecified atom stereocenters. The molecule has 1 saturated heterocycles. The molecule has 0 aromatic heterocycles. The molecule has 0 amide bonds. The lowest BCUT2D eigenvalue weighted by atomic mass is 9.71. The Balaban J connectivity index is 1.92. The summed E-state index contributed by atoms with van der Waals surface area (Å²) in [4.78, 5) is 22.7. The van der Waals surface area contributed by atoms with Gasteiger partial charge in [-0.1, -0.05) is 19.1 Å². The van der Waals surface area contributed by atoms with Gasteiger partial charge in [0.15, 0.2) is 0 Å². The number of hydrogen-bond donors (Lipinski definition) is 0. The van der Waals surface area contributed by atoms with Crippen LogP contribution in [0.5, 0.6) is 0 Å². The van der Waals surface area contributed by atoms with Crippen LogP contribution in [-0.2, 0) is 26.9 Å². The van der Waals surface area contributed by atoms with Crippen LogP contribution in [0.25, 0.3) is 6.08 Å². The molecule has 28 heavy (non-hydrogen) atoms. The second kappa shape index (κ2) is 6.88. The van der Waals surface area contributed by atoms with E-state index >= 15 is 0 Å². The Morgan fingerprint density at radius 1 is 1.14 bits per heavy atom. The molecule has 1 aliphatic heterocycles. The molecule has 2 bridgehead atoms. The second-order valence-corrected chi connectivity index (χ2v) is 7.42. The topological polar surface area (TPSA) is 35.5 Å². The van der Waals surface area contributed by atoms with Crippen molar-refractivity contribution in [3.63, 3.8) is 0 Å². The van der Waals surface area contributed by atoms with Crippen LogP contribution in [0.1, 0.15) is 43.4 Å². The van der Waals surface area contributed by atoms with E-state index < -0.39 is 40.7 Å². The van der Waals surface area contributed by atoms with Crippen molar-refractivity contribution in [2.45, 2.75) is 50.7 Å². The number of benzene rings is 1. The fourth-order valence-electron chi connectivity index (χ4n) is 3.54. The number of alkyl halides is 6. The highest BCUT2D eigenvalue weighted by Crippen LogP contribution is 2.44. The zero-order valence-electron chi connectivity index (χ0n) is 15.0. The van der Waals surface area contributed by atoms with Gasteiger partial charge in [-0.05, 0) is 37.1 Å². The maximum atomic E-state index is 13.3. The molecule has 0 N–H and O–H groups in total. The standard InChI is InChI=1S/C19H18F6O3/c1-10-15(26)8-13-9-16(10)27-28-17(13,2)6-5-11-3-4-12(18(20,21)22)7-14(11)19(23,24)25/h3-7,10,13,16H,8-9H2,1-2H3/b6-5+/t10-,13+,16+,17+/m1/s1. The average Bonchev–Trinajstić information content (AvgIpc) is 2.59. The van der Waals surface area contributed by atoms with Gasteiger partial charge in [-0.15, -0.1) is 0 Å². The fourth-order valence-corrected chi connectivity index (χ4v) is 3.54. The Hall–Kier alpha value is -1.87. The van der Waals surface area contributed by atoms with E-state index in [9.17, 15) is 31.1 Å². The highest BCUT2D eigenvalue weighted by Gasteiger charge is 2.49. The zero-order valence-corrected chi connectivity index (χ0v) is 15.0. The summed E-state index contributed by atoms with van der Waals surface area (Å²) in [5, 5.41) is 0. The van der Waals surface area contributed by atoms with E-state index in [0.717, 1.165) is 12.1 Å². The summed E-state index contributed by atoms with van der Waals surface area (Å²) in [6.07, 6.45) is -7.18. The van der Waals surface area contributed by atoms with Crippen molar-refractivity contribution in [1.29, 1.82) is 0 Å². The van der Waals surface area contributed by atoms with Gasteiger partial charge in [-0.2, -0.15) is 26.3 Å². The molecule has 1 aromatic rings. The minimum absolute atomic E-state index is 0.0188. The predicted molar refractivity (Wildman–Crippen MR) is 86.7 cm³/mol. The van der Waals surface area contributed by atoms with Gasteiger partial charge in [-0.3, -0.25) is 4.79 Å². The van der Waals surface area contributed by atoms with Gasteiger partial charge in [0.1, 0.15) is 17.5 Å². The van der Waals surface area contributed by atoms with E-state index in [0.29, 0.717) is 12.5 Å².